The predicted octanol–water partition coefficient (Wildman–Crippen LogP) is 0.261. The quantitative estimate of drug-likeness (QED) is 0.499. The van der Waals surface area contributed by atoms with E-state index < -0.39 is 17.2 Å². The van der Waals surface area contributed by atoms with Gasteiger partial charge in [0.2, 0.25) is 0 Å². The first-order valence-electron chi connectivity index (χ1n) is 1.44. The highest BCUT2D eigenvalue weighted by Gasteiger charge is 1.78. The highest BCUT2D eigenvalue weighted by Crippen LogP contribution is 2.10. The van der Waals surface area contributed by atoms with Crippen LogP contribution >= 0.6 is 17.2 Å². The topological polar surface area (TPSA) is 37.4 Å². The van der Waals surface area contributed by atoms with Gasteiger partial charge >= 0.3 is 0 Å². The van der Waals surface area contributed by atoms with Gasteiger partial charge in [-0.3, -0.25) is 0 Å². The Morgan fingerprint density at radius 2 is 1.67 bits per heavy atom. The van der Waals surface area contributed by atoms with E-state index in [1.54, 1.807) is 7.05 Å². The number of nitrogens with zero attached hydrogens (tertiary/aromatic N) is 1. The van der Waals surface area contributed by atoms with Crippen molar-refractivity contribution >= 4 is 17.2 Å². The van der Waals surface area contributed by atoms with Gasteiger partial charge in [0, 0.05) is 0 Å². The minimum absolute atomic E-state index is 0.957. The van der Waals surface area contributed by atoms with Gasteiger partial charge in [-0.1, -0.05) is 0 Å². The average molecular weight is 127 g/mol. The molecule has 6 heavy (non-hydrogen) atoms. The monoisotopic (exact) mass is 127 g/mol. The molecule has 0 aromatic heterocycles. The van der Waals surface area contributed by atoms with E-state index in [9.17, 15) is 9.13 Å². The van der Waals surface area contributed by atoms with Crippen molar-refractivity contribution in [2.24, 2.45) is 0 Å². The summed E-state index contributed by atoms with van der Waals surface area (Å²) in [6.45, 7) is 0. The molecule has 0 saturated carbocycles. The molecule has 0 aromatic rings. The van der Waals surface area contributed by atoms with E-state index in [4.69, 9.17) is 0 Å². The Morgan fingerprint density at radius 1 is 1.33 bits per heavy atom. The first kappa shape index (κ1) is 6.42. The number of rotatable bonds is 2. The zero-order chi connectivity index (χ0) is 4.99. The maximum Gasteiger partial charge on any atom is 0.132 e. The summed E-state index contributed by atoms with van der Waals surface area (Å²) < 4.78 is 20.7. The summed E-state index contributed by atoms with van der Waals surface area (Å²) in [4.78, 5) is 0. The van der Waals surface area contributed by atoms with Gasteiger partial charge in [-0.05, 0) is 7.05 Å². The smallest absolute Gasteiger partial charge is 0.132 e. The zero-order valence-corrected chi connectivity index (χ0v) is 5.73. The molecule has 0 fully saturated rings. The second-order valence-corrected chi connectivity index (χ2v) is 3.52. The first-order chi connectivity index (χ1) is 2.81. The summed E-state index contributed by atoms with van der Waals surface area (Å²) in [5.41, 5.74) is 0. The summed E-state index contributed by atoms with van der Waals surface area (Å²) in [5, 5.41) is 0. The van der Waals surface area contributed by atoms with Gasteiger partial charge in [0.05, 0.1) is 0 Å². The van der Waals surface area contributed by atoms with Crippen LogP contribution in [0.5, 0.6) is 0 Å². The third kappa shape index (κ3) is 2.65. The van der Waals surface area contributed by atoms with Crippen molar-refractivity contribution in [2.45, 2.75) is 0 Å². The van der Waals surface area contributed by atoms with Crippen LogP contribution in [0.15, 0.2) is 0 Å². The van der Waals surface area contributed by atoms with Crippen LogP contribution in [0.4, 0.5) is 0 Å². The van der Waals surface area contributed by atoms with Crippen molar-refractivity contribution in [1.29, 1.82) is 0 Å². The number of hydrogen-bond donors (Lipinski definition) is 0. The second-order valence-electron chi connectivity index (χ2n) is 0.876. The largest absolute Gasteiger partial charge is 0.313 e. The fourth-order valence-electron chi connectivity index (χ4n) is 0.0248. The Balaban J connectivity index is 3.21. The summed E-state index contributed by atoms with van der Waals surface area (Å²) in [7, 11) is -0.354. The summed E-state index contributed by atoms with van der Waals surface area (Å²) in [5.74, 6) is 0. The van der Waals surface area contributed by atoms with E-state index in [0.717, 1.165) is 0 Å². The molecule has 2 atom stereocenters. The molecular weight excluding hydrogens is 120 g/mol. The van der Waals surface area contributed by atoms with Crippen molar-refractivity contribution in [3.8, 4) is 0 Å². The van der Waals surface area contributed by atoms with Gasteiger partial charge in [-0.25, -0.2) is 4.44 Å². The molecule has 38 valence electrons. The summed E-state index contributed by atoms with van der Waals surface area (Å²) in [6, 6.07) is 0. The molecule has 0 aliphatic heterocycles. The maximum atomic E-state index is 9.69. The van der Waals surface area contributed by atoms with Crippen LogP contribution in [0.25, 0.3) is 0 Å². The van der Waals surface area contributed by atoms with Gasteiger partial charge in [-0.2, -0.15) is 0 Å². The Bertz CT molecular complexity index is 56.6. The van der Waals surface area contributed by atoms with Crippen molar-refractivity contribution < 1.29 is 9.13 Å². The molecule has 0 spiro atoms. The van der Waals surface area contributed by atoms with Gasteiger partial charge in [0.1, 0.15) is 17.2 Å². The lowest BCUT2D eigenvalue weighted by Crippen LogP contribution is -1.79. The van der Waals surface area contributed by atoms with Crippen molar-refractivity contribution in [1.82, 2.24) is 4.44 Å². The van der Waals surface area contributed by atoms with E-state index in [0.29, 0.717) is 0 Å². The van der Waals surface area contributed by atoms with E-state index in [2.05, 4.69) is 0 Å². The molecule has 0 N–H and O–H groups in total. The van der Waals surface area contributed by atoms with Crippen LogP contribution in [-0.4, -0.2) is 11.5 Å². The van der Waals surface area contributed by atoms with Crippen molar-refractivity contribution in [3.05, 3.63) is 0 Å². The van der Waals surface area contributed by atoms with Gasteiger partial charge in [0.25, 0.3) is 0 Å². The first-order valence-corrected chi connectivity index (χ1v) is 3.41. The normalized spacial score (nSPS) is 13.7. The van der Waals surface area contributed by atoms with Gasteiger partial charge in [0.15, 0.2) is 0 Å². The predicted molar refractivity (Wildman–Crippen MR) is 28.6 cm³/mol. The zero-order valence-electron chi connectivity index (χ0n) is 3.42. The van der Waals surface area contributed by atoms with Crippen LogP contribution in [0.1, 0.15) is 0 Å². The third-order valence-electron chi connectivity index (χ3n) is 0.333. The Morgan fingerprint density at radius 3 is 1.67 bits per heavy atom. The molecule has 3 nitrogen and oxygen atoms in total. The average Bonchev–Trinajstić information content (AvgIpc) is 1.65. The van der Waals surface area contributed by atoms with Crippen molar-refractivity contribution in [3.63, 3.8) is 0 Å². The lowest BCUT2D eigenvalue weighted by molar-refractivity contribution is 0.560. The summed E-state index contributed by atoms with van der Waals surface area (Å²) in [6.07, 6.45) is 0. The highest BCUT2D eigenvalue weighted by molar-refractivity contribution is 7.37. The van der Waals surface area contributed by atoms with Crippen LogP contribution in [0.2, 0.25) is 0 Å². The number of hydrogen-bond acceptors (Lipinski definition) is 2. The minimum Gasteiger partial charge on any atom is -0.313 e. The van der Waals surface area contributed by atoms with E-state index in [1.165, 1.54) is 4.44 Å². The Kier molecular flexibility index (Phi) is 3.86. The molecule has 0 amide bonds. The standard InChI is InChI=1S/CH7NO2P2/c1-2(5-3)6-4/h5-6H2,1H3. The molecule has 0 radical (unpaired) electrons. The van der Waals surface area contributed by atoms with Gasteiger partial charge in [-0.15, -0.1) is 0 Å². The molecule has 0 bridgehead atoms. The molecular formula is CH7NO2P2. The molecule has 0 saturated heterocycles. The second kappa shape index (κ2) is 3.60. The maximum absolute atomic E-state index is 9.69. The van der Waals surface area contributed by atoms with Crippen LogP contribution in [0, 0.1) is 0 Å². The minimum atomic E-state index is -0.957. The van der Waals surface area contributed by atoms with Crippen LogP contribution < -0.4 is 0 Å². The van der Waals surface area contributed by atoms with Crippen LogP contribution in [0.3, 0.4) is 0 Å². The van der Waals surface area contributed by atoms with E-state index in [-0.39, 0.29) is 0 Å². The molecule has 0 rings (SSSR count). The fraction of sp³-hybridized carbons (Fsp3) is 1.00. The highest BCUT2D eigenvalue weighted by atomic mass is 31.1. The lowest BCUT2D eigenvalue weighted by atomic mass is 11.6. The lowest BCUT2D eigenvalue weighted by Gasteiger charge is -1.90. The fourth-order valence-corrected chi connectivity index (χ4v) is 0.224. The molecule has 0 aliphatic carbocycles. The third-order valence-corrected chi connectivity index (χ3v) is 1.73. The van der Waals surface area contributed by atoms with Crippen molar-refractivity contribution in [2.75, 3.05) is 7.05 Å². The molecule has 0 heterocycles. The molecule has 5 heteroatoms. The molecule has 2 unspecified atom stereocenters. The van der Waals surface area contributed by atoms with E-state index >= 15 is 0 Å². The van der Waals surface area contributed by atoms with Crippen LogP contribution in [-0.2, 0) is 9.13 Å². The molecule has 0 aliphatic rings. The Labute approximate surface area is 38.9 Å². The van der Waals surface area contributed by atoms with E-state index in [1.807, 2.05) is 0 Å². The summed E-state index contributed by atoms with van der Waals surface area (Å²) >= 11 is 0. The molecule has 0 aromatic carbocycles. The van der Waals surface area contributed by atoms with Gasteiger partial charge < -0.3 is 9.13 Å². The SMILES string of the molecule is CN([PH2]=O)[PH2]=O. The Hall–Kier alpha value is 0.420.